The number of hydrogen-bond acceptors (Lipinski definition) is 2. The van der Waals surface area contributed by atoms with Crippen LogP contribution in [0.4, 0.5) is 0 Å². The molecule has 2 aliphatic heterocycles. The number of halogens is 1. The Kier molecular flexibility index (Phi) is 5.56. The highest BCUT2D eigenvalue weighted by atomic mass is 35.5. The Morgan fingerprint density at radius 2 is 1.45 bits per heavy atom. The van der Waals surface area contributed by atoms with Crippen LogP contribution in [0, 0.1) is 5.41 Å². The Labute approximate surface area is 189 Å². The van der Waals surface area contributed by atoms with Gasteiger partial charge in [-0.05, 0) is 40.8 Å². The van der Waals surface area contributed by atoms with E-state index in [9.17, 15) is 4.79 Å². The maximum absolute atomic E-state index is 12.7. The van der Waals surface area contributed by atoms with Crippen molar-refractivity contribution in [2.24, 2.45) is 5.41 Å². The minimum absolute atomic E-state index is 0.231. The molecule has 0 bridgehead atoms. The van der Waals surface area contributed by atoms with Crippen molar-refractivity contribution >= 4 is 17.5 Å². The van der Waals surface area contributed by atoms with Crippen molar-refractivity contribution in [2.45, 2.75) is 19.4 Å². The number of amides is 1. The molecule has 3 aromatic rings. The maximum Gasteiger partial charge on any atom is 0.227 e. The van der Waals surface area contributed by atoms with Crippen molar-refractivity contribution in [2.75, 3.05) is 26.2 Å². The number of carbonyl (C=O) groups is 1. The van der Waals surface area contributed by atoms with Crippen LogP contribution in [-0.2, 0) is 17.8 Å². The number of likely N-dealkylation sites (tertiary alicyclic amines) is 2. The molecule has 0 N–H and O–H groups in total. The molecular weight excluding hydrogens is 404 g/mol. The van der Waals surface area contributed by atoms with E-state index in [-0.39, 0.29) is 5.91 Å². The molecule has 5 rings (SSSR count). The zero-order valence-corrected chi connectivity index (χ0v) is 18.4. The lowest BCUT2D eigenvalue weighted by molar-refractivity contribution is -0.130. The highest BCUT2D eigenvalue weighted by Gasteiger charge is 2.48. The van der Waals surface area contributed by atoms with Crippen molar-refractivity contribution in [3.8, 4) is 11.1 Å². The number of benzene rings is 3. The Bertz CT molecular complexity index is 1040. The van der Waals surface area contributed by atoms with Crippen LogP contribution in [0.15, 0.2) is 78.9 Å². The molecule has 2 aliphatic rings. The normalized spacial score (nSPS) is 17.6. The first kappa shape index (κ1) is 20.3. The van der Waals surface area contributed by atoms with E-state index >= 15 is 0 Å². The molecule has 1 spiro atoms. The number of rotatable bonds is 5. The fourth-order valence-electron chi connectivity index (χ4n) is 5.00. The quantitative estimate of drug-likeness (QED) is 0.549. The third kappa shape index (κ3) is 4.53. The highest BCUT2D eigenvalue weighted by Crippen LogP contribution is 2.40. The lowest BCUT2D eigenvalue weighted by Gasteiger charge is -2.48. The van der Waals surface area contributed by atoms with E-state index in [1.165, 1.54) is 16.7 Å². The minimum Gasteiger partial charge on any atom is -0.342 e. The molecule has 31 heavy (non-hydrogen) atoms. The van der Waals surface area contributed by atoms with Crippen LogP contribution in [0.5, 0.6) is 0 Å². The number of carbonyl (C=O) groups excluding carboxylic acids is 1. The van der Waals surface area contributed by atoms with E-state index in [4.69, 9.17) is 11.6 Å². The largest absolute Gasteiger partial charge is 0.342 e. The summed E-state index contributed by atoms with van der Waals surface area (Å²) in [5.74, 6) is 0.231. The fourth-order valence-corrected chi connectivity index (χ4v) is 5.13. The Morgan fingerprint density at radius 1 is 0.806 bits per heavy atom. The van der Waals surface area contributed by atoms with Gasteiger partial charge >= 0.3 is 0 Å². The van der Waals surface area contributed by atoms with Gasteiger partial charge in [0.2, 0.25) is 5.91 Å². The molecule has 2 heterocycles. The zero-order chi connectivity index (χ0) is 21.3. The van der Waals surface area contributed by atoms with Gasteiger partial charge in [0, 0.05) is 43.2 Å². The van der Waals surface area contributed by atoms with E-state index in [0.29, 0.717) is 16.9 Å². The average Bonchev–Trinajstić information content (AvgIpc) is 3.22. The maximum atomic E-state index is 12.7. The first-order chi connectivity index (χ1) is 15.1. The molecule has 0 radical (unpaired) electrons. The Hall–Kier alpha value is -2.62. The van der Waals surface area contributed by atoms with Crippen molar-refractivity contribution in [1.29, 1.82) is 0 Å². The molecule has 0 aromatic heterocycles. The smallest absolute Gasteiger partial charge is 0.227 e. The highest BCUT2D eigenvalue weighted by molar-refractivity contribution is 6.30. The third-order valence-corrected chi connectivity index (χ3v) is 6.90. The van der Waals surface area contributed by atoms with E-state index in [2.05, 4.69) is 58.3 Å². The van der Waals surface area contributed by atoms with E-state index in [1.54, 1.807) is 0 Å². The van der Waals surface area contributed by atoms with Crippen LogP contribution in [0.1, 0.15) is 17.5 Å². The molecule has 2 saturated heterocycles. The number of nitrogens with zero attached hydrogens (tertiary/aromatic N) is 2. The summed E-state index contributed by atoms with van der Waals surface area (Å²) in [6, 6.07) is 27.0. The molecule has 0 aliphatic carbocycles. The summed E-state index contributed by atoms with van der Waals surface area (Å²) < 4.78 is 0. The summed E-state index contributed by atoms with van der Waals surface area (Å²) in [5.41, 5.74) is 5.19. The number of hydrogen-bond donors (Lipinski definition) is 0. The molecule has 0 saturated carbocycles. The van der Waals surface area contributed by atoms with Crippen LogP contribution in [0.25, 0.3) is 11.1 Å². The van der Waals surface area contributed by atoms with Crippen LogP contribution in [0.2, 0.25) is 5.02 Å². The predicted molar refractivity (Wildman–Crippen MR) is 126 cm³/mol. The summed E-state index contributed by atoms with van der Waals surface area (Å²) in [6.45, 7) is 4.92. The van der Waals surface area contributed by atoms with Gasteiger partial charge in [0.05, 0.1) is 6.42 Å². The van der Waals surface area contributed by atoms with Gasteiger partial charge in [-0.15, -0.1) is 0 Å². The minimum atomic E-state index is 0.231. The monoisotopic (exact) mass is 430 g/mol. The first-order valence-electron chi connectivity index (χ1n) is 11.0. The molecule has 0 unspecified atom stereocenters. The lowest BCUT2D eigenvalue weighted by atomic mass is 9.79. The van der Waals surface area contributed by atoms with Crippen molar-refractivity contribution in [1.82, 2.24) is 9.80 Å². The van der Waals surface area contributed by atoms with E-state index < -0.39 is 0 Å². The van der Waals surface area contributed by atoms with Gasteiger partial charge in [0.15, 0.2) is 0 Å². The molecule has 3 nitrogen and oxygen atoms in total. The average molecular weight is 431 g/mol. The van der Waals surface area contributed by atoms with Crippen molar-refractivity contribution in [3.63, 3.8) is 0 Å². The first-order valence-corrected chi connectivity index (χ1v) is 11.4. The van der Waals surface area contributed by atoms with Crippen LogP contribution in [0.3, 0.4) is 0 Å². The molecule has 158 valence electrons. The van der Waals surface area contributed by atoms with Crippen LogP contribution >= 0.6 is 11.6 Å². The predicted octanol–water partition coefficient (Wildman–Crippen LogP) is 5.28. The van der Waals surface area contributed by atoms with Crippen LogP contribution < -0.4 is 0 Å². The Balaban J connectivity index is 1.12. The van der Waals surface area contributed by atoms with Gasteiger partial charge in [-0.3, -0.25) is 9.69 Å². The molecular formula is C27H27ClN2O. The molecule has 1 amide bonds. The third-order valence-electron chi connectivity index (χ3n) is 6.64. The standard InChI is InChI=1S/C27H27ClN2O/c28-25-12-8-21(9-13-25)16-26(31)30-15-14-27(20-30)18-29(19-27)17-22-6-10-24(11-7-22)23-4-2-1-3-5-23/h1-13H,14-20H2. The molecule has 4 heteroatoms. The molecule has 0 atom stereocenters. The summed E-state index contributed by atoms with van der Waals surface area (Å²) in [4.78, 5) is 17.3. The van der Waals surface area contributed by atoms with Gasteiger partial charge in [-0.2, -0.15) is 0 Å². The second-order valence-corrected chi connectivity index (χ2v) is 9.51. The van der Waals surface area contributed by atoms with Gasteiger partial charge < -0.3 is 4.90 Å². The topological polar surface area (TPSA) is 23.6 Å². The van der Waals surface area contributed by atoms with Crippen molar-refractivity contribution < 1.29 is 4.79 Å². The molecule has 2 fully saturated rings. The fraction of sp³-hybridized carbons (Fsp3) is 0.296. The lowest BCUT2D eigenvalue weighted by Crippen LogP contribution is -2.57. The van der Waals surface area contributed by atoms with Gasteiger partial charge in [0.25, 0.3) is 0 Å². The van der Waals surface area contributed by atoms with Crippen molar-refractivity contribution in [3.05, 3.63) is 95.0 Å². The summed E-state index contributed by atoms with van der Waals surface area (Å²) in [7, 11) is 0. The van der Waals surface area contributed by atoms with Gasteiger partial charge in [0.1, 0.15) is 0 Å². The van der Waals surface area contributed by atoms with Gasteiger partial charge in [-0.25, -0.2) is 0 Å². The van der Waals surface area contributed by atoms with Gasteiger partial charge in [-0.1, -0.05) is 78.3 Å². The van der Waals surface area contributed by atoms with E-state index in [0.717, 1.165) is 44.7 Å². The SMILES string of the molecule is O=C(Cc1ccc(Cl)cc1)N1CCC2(CN(Cc3ccc(-c4ccccc4)cc3)C2)C1. The van der Waals surface area contributed by atoms with Crippen LogP contribution in [-0.4, -0.2) is 41.9 Å². The second-order valence-electron chi connectivity index (χ2n) is 9.08. The summed E-state index contributed by atoms with van der Waals surface area (Å²) in [6.07, 6.45) is 1.58. The molecule has 3 aromatic carbocycles. The zero-order valence-electron chi connectivity index (χ0n) is 17.6. The summed E-state index contributed by atoms with van der Waals surface area (Å²) in [5, 5.41) is 0.709. The summed E-state index contributed by atoms with van der Waals surface area (Å²) >= 11 is 5.95. The second kappa shape index (κ2) is 8.49. The van der Waals surface area contributed by atoms with E-state index in [1.807, 2.05) is 30.3 Å². The Morgan fingerprint density at radius 3 is 2.16 bits per heavy atom.